The van der Waals surface area contributed by atoms with Crippen molar-refractivity contribution >= 4 is 45.1 Å². The van der Waals surface area contributed by atoms with E-state index in [4.69, 9.17) is 4.98 Å². The smallest absolute Gasteiger partial charge is 0.269 e. The molecular formula is C21H13N5O3. The third-order valence-electron chi connectivity index (χ3n) is 4.71. The molecule has 1 N–H and O–H groups in total. The first-order valence-electron chi connectivity index (χ1n) is 8.83. The van der Waals surface area contributed by atoms with E-state index in [1.54, 1.807) is 4.40 Å². The lowest BCUT2D eigenvalue weighted by molar-refractivity contribution is -0.384. The fourth-order valence-corrected chi connectivity index (χ4v) is 3.34. The van der Waals surface area contributed by atoms with Gasteiger partial charge in [-0.2, -0.15) is 0 Å². The number of carbonyl (C=O) groups is 1. The van der Waals surface area contributed by atoms with Crippen molar-refractivity contribution in [3.63, 3.8) is 0 Å². The van der Waals surface area contributed by atoms with E-state index in [1.165, 1.54) is 24.3 Å². The molecule has 0 aliphatic rings. The van der Waals surface area contributed by atoms with Crippen LogP contribution in [-0.2, 0) is 0 Å². The molecule has 8 heteroatoms. The minimum atomic E-state index is -0.506. The highest BCUT2D eigenvalue weighted by Gasteiger charge is 2.16. The van der Waals surface area contributed by atoms with Crippen LogP contribution in [0.1, 0.15) is 10.4 Å². The molecule has 0 aliphatic carbocycles. The summed E-state index contributed by atoms with van der Waals surface area (Å²) in [4.78, 5) is 32.4. The van der Waals surface area contributed by atoms with Crippen LogP contribution in [0.4, 0.5) is 11.6 Å². The number of nitrogens with zero attached hydrogens (tertiary/aromatic N) is 4. The van der Waals surface area contributed by atoms with Gasteiger partial charge < -0.3 is 0 Å². The zero-order valence-electron chi connectivity index (χ0n) is 14.9. The number of nitrogens with one attached hydrogen (secondary N) is 1. The second-order valence-electron chi connectivity index (χ2n) is 6.47. The molecule has 140 valence electrons. The van der Waals surface area contributed by atoms with Gasteiger partial charge in [-0.25, -0.2) is 9.97 Å². The van der Waals surface area contributed by atoms with Gasteiger partial charge in [0.15, 0.2) is 0 Å². The van der Waals surface area contributed by atoms with Crippen molar-refractivity contribution in [2.75, 3.05) is 5.32 Å². The van der Waals surface area contributed by atoms with Gasteiger partial charge in [0, 0.05) is 23.1 Å². The summed E-state index contributed by atoms with van der Waals surface area (Å²) in [5, 5.41) is 14.5. The number of nitro benzene ring substituents is 1. The first-order valence-corrected chi connectivity index (χ1v) is 8.83. The third-order valence-corrected chi connectivity index (χ3v) is 4.71. The highest BCUT2D eigenvalue weighted by molar-refractivity contribution is 6.05. The molecule has 2 heterocycles. The Morgan fingerprint density at radius 3 is 2.34 bits per heavy atom. The summed E-state index contributed by atoms with van der Waals surface area (Å²) in [7, 11) is 0. The predicted octanol–water partition coefficient (Wildman–Crippen LogP) is 4.20. The SMILES string of the molecule is O=C(Nc1nc2ccccc2c2nc3ccccc3n12)c1ccc([N+](=O)[O-])cc1. The fourth-order valence-electron chi connectivity index (χ4n) is 3.34. The third kappa shape index (κ3) is 2.74. The van der Waals surface area contributed by atoms with Gasteiger partial charge >= 0.3 is 0 Å². The van der Waals surface area contributed by atoms with Crippen molar-refractivity contribution in [3.8, 4) is 0 Å². The molecule has 29 heavy (non-hydrogen) atoms. The van der Waals surface area contributed by atoms with Gasteiger partial charge in [0.2, 0.25) is 5.95 Å². The van der Waals surface area contributed by atoms with E-state index >= 15 is 0 Å². The Morgan fingerprint density at radius 1 is 0.897 bits per heavy atom. The zero-order chi connectivity index (χ0) is 20.0. The van der Waals surface area contributed by atoms with E-state index in [9.17, 15) is 14.9 Å². The number of non-ortho nitro benzene ring substituents is 1. The van der Waals surface area contributed by atoms with Gasteiger partial charge in [-0.15, -0.1) is 0 Å². The Kier molecular flexibility index (Phi) is 3.70. The Bertz CT molecular complexity index is 1420. The lowest BCUT2D eigenvalue weighted by Crippen LogP contribution is -2.16. The molecule has 0 unspecified atom stereocenters. The number of fused-ring (bicyclic) bond motifs is 5. The number of amides is 1. The van der Waals surface area contributed by atoms with Gasteiger partial charge in [-0.3, -0.25) is 24.6 Å². The minimum absolute atomic E-state index is 0.0756. The number of rotatable bonds is 3. The Balaban J connectivity index is 1.67. The standard InChI is InChI=1S/C21H13N5O3/c27-20(13-9-11-14(12-10-13)26(28)29)24-21-23-16-6-2-1-5-15(16)19-22-17-7-3-4-8-18(17)25(19)21/h1-12H,(H,23,24,27). The van der Waals surface area contributed by atoms with E-state index < -0.39 is 10.8 Å². The molecule has 0 fully saturated rings. The highest BCUT2D eigenvalue weighted by atomic mass is 16.6. The van der Waals surface area contributed by atoms with E-state index in [0.717, 1.165) is 16.4 Å². The van der Waals surface area contributed by atoms with Crippen LogP contribution in [0.5, 0.6) is 0 Å². The summed E-state index contributed by atoms with van der Waals surface area (Å²) in [6.45, 7) is 0. The van der Waals surface area contributed by atoms with Crippen molar-refractivity contribution in [2.24, 2.45) is 0 Å². The molecule has 0 saturated carbocycles. The number of hydrogen-bond acceptors (Lipinski definition) is 5. The lowest BCUT2D eigenvalue weighted by Gasteiger charge is -2.10. The molecule has 5 rings (SSSR count). The quantitative estimate of drug-likeness (QED) is 0.372. The molecule has 3 aromatic carbocycles. The Labute approximate surface area is 163 Å². The molecule has 0 bridgehead atoms. The monoisotopic (exact) mass is 383 g/mol. The van der Waals surface area contributed by atoms with Crippen molar-refractivity contribution < 1.29 is 9.72 Å². The highest BCUT2D eigenvalue weighted by Crippen LogP contribution is 2.27. The zero-order valence-corrected chi connectivity index (χ0v) is 14.9. The van der Waals surface area contributed by atoms with E-state index in [0.29, 0.717) is 22.7 Å². The summed E-state index contributed by atoms with van der Waals surface area (Å²) >= 11 is 0. The summed E-state index contributed by atoms with van der Waals surface area (Å²) in [5.74, 6) is -0.0856. The second-order valence-corrected chi connectivity index (χ2v) is 6.47. The van der Waals surface area contributed by atoms with Gasteiger partial charge in [0.1, 0.15) is 5.65 Å². The van der Waals surface area contributed by atoms with Crippen LogP contribution in [0, 0.1) is 10.1 Å². The van der Waals surface area contributed by atoms with Gasteiger partial charge in [-0.05, 0) is 36.4 Å². The summed E-state index contributed by atoms with van der Waals surface area (Å²) in [6, 6.07) is 20.6. The van der Waals surface area contributed by atoms with E-state index in [1.807, 2.05) is 48.5 Å². The molecule has 1 amide bonds. The lowest BCUT2D eigenvalue weighted by atomic mass is 10.2. The average molecular weight is 383 g/mol. The maximum absolute atomic E-state index is 12.8. The molecule has 2 aromatic heterocycles. The number of anilines is 1. The molecule has 0 aliphatic heterocycles. The van der Waals surface area contributed by atoms with Crippen LogP contribution in [0.25, 0.3) is 27.6 Å². The number of para-hydroxylation sites is 3. The maximum atomic E-state index is 12.8. The number of hydrogen-bond donors (Lipinski definition) is 1. The first-order chi connectivity index (χ1) is 14.1. The summed E-state index contributed by atoms with van der Waals surface area (Å²) in [6.07, 6.45) is 0. The van der Waals surface area contributed by atoms with Crippen molar-refractivity contribution in [3.05, 3.63) is 88.5 Å². The second kappa shape index (κ2) is 6.38. The number of imidazole rings is 1. The maximum Gasteiger partial charge on any atom is 0.269 e. The van der Waals surface area contributed by atoms with Gasteiger partial charge in [0.05, 0.1) is 21.5 Å². The number of nitro groups is 1. The summed E-state index contributed by atoms with van der Waals surface area (Å²) < 4.78 is 1.81. The Morgan fingerprint density at radius 2 is 1.59 bits per heavy atom. The van der Waals surface area contributed by atoms with Crippen molar-refractivity contribution in [1.29, 1.82) is 0 Å². The normalized spacial score (nSPS) is 11.2. The first kappa shape index (κ1) is 16.8. The molecule has 8 nitrogen and oxygen atoms in total. The number of benzene rings is 3. The molecule has 0 radical (unpaired) electrons. The molecule has 0 atom stereocenters. The van der Waals surface area contributed by atoms with Crippen LogP contribution in [0.3, 0.4) is 0 Å². The molecule has 0 spiro atoms. The van der Waals surface area contributed by atoms with Crippen molar-refractivity contribution in [2.45, 2.75) is 0 Å². The van der Waals surface area contributed by atoms with E-state index in [2.05, 4.69) is 10.3 Å². The molecular weight excluding hydrogens is 370 g/mol. The number of aromatic nitrogens is 3. The minimum Gasteiger partial charge on any atom is -0.291 e. The fraction of sp³-hybridized carbons (Fsp3) is 0. The Hall–Kier alpha value is -4.33. The van der Waals surface area contributed by atoms with Crippen LogP contribution in [0.2, 0.25) is 0 Å². The van der Waals surface area contributed by atoms with Crippen LogP contribution in [0.15, 0.2) is 72.8 Å². The molecule has 0 saturated heterocycles. The topological polar surface area (TPSA) is 102 Å². The molecule has 5 aromatic rings. The van der Waals surface area contributed by atoms with Gasteiger partial charge in [0.25, 0.3) is 11.6 Å². The largest absolute Gasteiger partial charge is 0.291 e. The number of carbonyl (C=O) groups excluding carboxylic acids is 1. The van der Waals surface area contributed by atoms with Crippen LogP contribution in [-0.4, -0.2) is 25.2 Å². The van der Waals surface area contributed by atoms with Crippen LogP contribution < -0.4 is 5.32 Å². The predicted molar refractivity (Wildman–Crippen MR) is 109 cm³/mol. The van der Waals surface area contributed by atoms with Crippen molar-refractivity contribution in [1.82, 2.24) is 14.4 Å². The van der Waals surface area contributed by atoms with Gasteiger partial charge in [-0.1, -0.05) is 24.3 Å². The van der Waals surface area contributed by atoms with Crippen LogP contribution >= 0.6 is 0 Å². The average Bonchev–Trinajstić information content (AvgIpc) is 3.14. The summed E-state index contributed by atoms with van der Waals surface area (Å²) in [5.41, 5.74) is 3.22. The van der Waals surface area contributed by atoms with E-state index in [-0.39, 0.29) is 5.69 Å².